The van der Waals surface area contributed by atoms with Crippen LogP contribution in [0, 0.1) is 0 Å². The van der Waals surface area contributed by atoms with Crippen molar-refractivity contribution in [1.29, 1.82) is 0 Å². The predicted molar refractivity (Wildman–Crippen MR) is 69.5 cm³/mol. The van der Waals surface area contributed by atoms with Crippen LogP contribution in [0.25, 0.3) is 0 Å². The van der Waals surface area contributed by atoms with E-state index < -0.39 is 22.7 Å². The quantitative estimate of drug-likeness (QED) is 0.628. The van der Waals surface area contributed by atoms with Gasteiger partial charge in [0.2, 0.25) is 10.0 Å². The first kappa shape index (κ1) is 18.7. The average Bonchev–Trinajstić information content (AvgIpc) is 2.26. The third kappa shape index (κ3) is 9.23. The third-order valence-corrected chi connectivity index (χ3v) is 4.31. The molecule has 0 spiro atoms. The van der Waals surface area contributed by atoms with Gasteiger partial charge < -0.3 is 5.32 Å². The predicted octanol–water partition coefficient (Wildman–Crippen LogP) is 1.98. The van der Waals surface area contributed by atoms with Gasteiger partial charge in [0.15, 0.2) is 0 Å². The van der Waals surface area contributed by atoms with Crippen LogP contribution < -0.4 is 5.32 Å². The van der Waals surface area contributed by atoms with Gasteiger partial charge in [0, 0.05) is 6.54 Å². The monoisotopic (exact) mass is 304 g/mol. The molecule has 0 amide bonds. The van der Waals surface area contributed by atoms with Crippen molar-refractivity contribution in [3.05, 3.63) is 0 Å². The Morgan fingerprint density at radius 1 is 1.11 bits per heavy atom. The van der Waals surface area contributed by atoms with Gasteiger partial charge in [-0.25, -0.2) is 8.42 Å². The molecule has 19 heavy (non-hydrogen) atoms. The van der Waals surface area contributed by atoms with Crippen molar-refractivity contribution in [2.75, 3.05) is 31.9 Å². The summed E-state index contributed by atoms with van der Waals surface area (Å²) in [5.74, 6) is -0.250. The van der Waals surface area contributed by atoms with Gasteiger partial charge in [0.05, 0.1) is 5.75 Å². The van der Waals surface area contributed by atoms with E-state index in [9.17, 15) is 21.6 Å². The van der Waals surface area contributed by atoms with Crippen LogP contribution in [0.2, 0.25) is 0 Å². The number of hydrogen-bond acceptors (Lipinski definition) is 3. The van der Waals surface area contributed by atoms with Crippen LogP contribution in [0.5, 0.6) is 0 Å². The third-order valence-electron chi connectivity index (χ3n) is 2.40. The highest BCUT2D eigenvalue weighted by Crippen LogP contribution is 2.19. The lowest BCUT2D eigenvalue weighted by Gasteiger charge is -2.22. The number of nitrogens with zero attached hydrogens (tertiary/aromatic N) is 1. The van der Waals surface area contributed by atoms with Crippen molar-refractivity contribution in [3.8, 4) is 0 Å². The Morgan fingerprint density at radius 3 is 2.21 bits per heavy atom. The Kier molecular flexibility index (Phi) is 8.60. The van der Waals surface area contributed by atoms with E-state index in [0.29, 0.717) is 23.7 Å². The molecule has 0 saturated carbocycles. The molecule has 0 unspecified atom stereocenters. The summed E-state index contributed by atoms with van der Waals surface area (Å²) in [6.45, 7) is 3.42. The first-order valence-corrected chi connectivity index (χ1v) is 8.09. The van der Waals surface area contributed by atoms with Crippen molar-refractivity contribution in [2.45, 2.75) is 39.3 Å². The molecule has 0 heterocycles. The lowest BCUT2D eigenvalue weighted by molar-refractivity contribution is -0.136. The molecule has 1 N–H and O–H groups in total. The summed E-state index contributed by atoms with van der Waals surface area (Å²) in [4.78, 5) is 0. The molecule has 0 bridgehead atoms. The smallest absolute Gasteiger partial charge is 0.317 e. The van der Waals surface area contributed by atoms with E-state index in [1.165, 1.54) is 0 Å². The van der Waals surface area contributed by atoms with Gasteiger partial charge in [-0.3, -0.25) is 0 Å². The van der Waals surface area contributed by atoms with Gasteiger partial charge in [-0.1, -0.05) is 13.8 Å². The van der Waals surface area contributed by atoms with E-state index in [0.717, 1.165) is 13.0 Å². The zero-order valence-electron chi connectivity index (χ0n) is 11.5. The van der Waals surface area contributed by atoms with Gasteiger partial charge >= 0.3 is 6.18 Å². The minimum Gasteiger partial charge on any atom is -0.317 e. The van der Waals surface area contributed by atoms with E-state index in [-0.39, 0.29) is 12.3 Å². The normalized spacial score (nSPS) is 13.2. The number of alkyl halides is 3. The fourth-order valence-electron chi connectivity index (χ4n) is 1.58. The van der Waals surface area contributed by atoms with Crippen molar-refractivity contribution in [3.63, 3.8) is 0 Å². The Bertz CT molecular complexity index is 331. The molecule has 0 aliphatic heterocycles. The first-order chi connectivity index (χ1) is 8.73. The number of nitrogens with one attached hydrogen (secondary N) is 1. The molecule has 8 heteroatoms. The maximum atomic E-state index is 12.3. The van der Waals surface area contributed by atoms with Gasteiger partial charge in [0.1, 0.15) is 6.54 Å². The maximum Gasteiger partial charge on any atom is 0.402 e. The topological polar surface area (TPSA) is 49.4 Å². The number of halogens is 3. The molecule has 0 rings (SSSR count). The zero-order valence-corrected chi connectivity index (χ0v) is 12.3. The second-order valence-electron chi connectivity index (χ2n) is 4.37. The summed E-state index contributed by atoms with van der Waals surface area (Å²) in [6, 6.07) is 0. The van der Waals surface area contributed by atoms with Crippen LogP contribution in [0.4, 0.5) is 13.2 Å². The summed E-state index contributed by atoms with van der Waals surface area (Å²) >= 11 is 0. The molecular weight excluding hydrogens is 281 g/mol. The molecule has 0 aliphatic rings. The van der Waals surface area contributed by atoms with E-state index in [1.54, 1.807) is 6.92 Å². The largest absolute Gasteiger partial charge is 0.402 e. The maximum absolute atomic E-state index is 12.3. The van der Waals surface area contributed by atoms with E-state index in [1.807, 2.05) is 6.92 Å². The fourth-order valence-corrected chi connectivity index (χ4v) is 3.15. The highest BCUT2D eigenvalue weighted by atomic mass is 32.2. The van der Waals surface area contributed by atoms with Crippen LogP contribution in [0.15, 0.2) is 0 Å². The molecule has 0 aromatic rings. The summed E-state index contributed by atoms with van der Waals surface area (Å²) in [5.41, 5.74) is 0. The summed E-state index contributed by atoms with van der Waals surface area (Å²) in [7, 11) is -3.83. The molecule has 0 atom stereocenters. The molecule has 0 aromatic heterocycles. The van der Waals surface area contributed by atoms with Crippen molar-refractivity contribution >= 4 is 10.0 Å². The second kappa shape index (κ2) is 8.76. The number of sulfonamides is 1. The average molecular weight is 304 g/mol. The minimum atomic E-state index is -4.50. The lowest BCUT2D eigenvalue weighted by atomic mass is 10.4. The Morgan fingerprint density at radius 2 is 1.74 bits per heavy atom. The number of hydrogen-bond donors (Lipinski definition) is 1. The number of rotatable bonds is 10. The molecule has 0 aliphatic carbocycles. The van der Waals surface area contributed by atoms with Crippen LogP contribution >= 0.6 is 0 Å². The Balaban J connectivity index is 4.37. The van der Waals surface area contributed by atoms with Gasteiger partial charge in [-0.05, 0) is 32.4 Å². The van der Waals surface area contributed by atoms with Gasteiger partial charge in [-0.15, -0.1) is 0 Å². The Hall–Kier alpha value is -0.340. The summed E-state index contributed by atoms with van der Waals surface area (Å²) in [6.07, 6.45) is -2.88. The van der Waals surface area contributed by atoms with Crippen molar-refractivity contribution in [2.24, 2.45) is 0 Å². The fraction of sp³-hybridized carbons (Fsp3) is 1.00. The molecule has 4 nitrogen and oxygen atoms in total. The minimum absolute atomic E-state index is 0.0930. The molecule has 0 aromatic carbocycles. The van der Waals surface area contributed by atoms with Gasteiger partial charge in [-0.2, -0.15) is 17.5 Å². The van der Waals surface area contributed by atoms with E-state index in [2.05, 4.69) is 5.32 Å². The van der Waals surface area contributed by atoms with Crippen molar-refractivity contribution < 1.29 is 21.6 Å². The zero-order chi connectivity index (χ0) is 14.9. The Labute approximate surface area is 113 Å². The van der Waals surface area contributed by atoms with E-state index >= 15 is 0 Å². The van der Waals surface area contributed by atoms with Crippen molar-refractivity contribution in [1.82, 2.24) is 9.62 Å². The highest BCUT2D eigenvalue weighted by Gasteiger charge is 2.35. The SMILES string of the molecule is CCCNCCCS(=O)(=O)N(CCC)CC(F)(F)F. The molecule has 0 saturated heterocycles. The second-order valence-corrected chi connectivity index (χ2v) is 6.46. The summed E-state index contributed by atoms with van der Waals surface area (Å²) < 4.78 is 61.2. The molecular formula is C11H23F3N2O2S. The molecule has 0 fully saturated rings. The van der Waals surface area contributed by atoms with Crippen LogP contribution in [0.3, 0.4) is 0 Å². The first-order valence-electron chi connectivity index (χ1n) is 6.48. The standard InChI is InChI=1S/C11H23F3N2O2S/c1-3-6-15-7-5-9-19(17,18)16(8-4-2)10-11(12,13)14/h15H,3-10H2,1-2H3. The van der Waals surface area contributed by atoms with Gasteiger partial charge in [0.25, 0.3) is 0 Å². The lowest BCUT2D eigenvalue weighted by Crippen LogP contribution is -2.41. The summed E-state index contributed by atoms with van der Waals surface area (Å²) in [5, 5.41) is 3.02. The van der Waals surface area contributed by atoms with Crippen LogP contribution in [0.1, 0.15) is 33.1 Å². The van der Waals surface area contributed by atoms with E-state index in [4.69, 9.17) is 0 Å². The molecule has 116 valence electrons. The van der Waals surface area contributed by atoms with Crippen LogP contribution in [-0.2, 0) is 10.0 Å². The molecule has 0 radical (unpaired) electrons. The highest BCUT2D eigenvalue weighted by molar-refractivity contribution is 7.89. The van der Waals surface area contributed by atoms with Crippen LogP contribution in [-0.4, -0.2) is 50.8 Å².